The molecule has 0 heterocycles. The minimum Gasteiger partial charge on any atom is -0.318 e. The predicted octanol–water partition coefficient (Wildman–Crippen LogP) is 0.935. The second-order valence-electron chi connectivity index (χ2n) is 2.98. The van der Waals surface area contributed by atoms with E-state index < -0.39 is 0 Å². The molecule has 0 spiro atoms. The average Bonchev–Trinajstić information content (AvgIpc) is 1.87. The highest BCUT2D eigenvalue weighted by Crippen LogP contribution is 1.96. The zero-order chi connectivity index (χ0) is 8.69. The van der Waals surface area contributed by atoms with Crippen LogP contribution in [0.1, 0.15) is 13.8 Å². The summed E-state index contributed by atoms with van der Waals surface area (Å²) in [6.45, 7) is 5.47. The maximum atomic E-state index is 3.50. The number of hydrogen-bond acceptors (Lipinski definition) is 3. The lowest BCUT2D eigenvalue weighted by atomic mass is 10.3. The van der Waals surface area contributed by atoms with Crippen LogP contribution in [-0.4, -0.2) is 37.7 Å². The van der Waals surface area contributed by atoms with Gasteiger partial charge in [-0.15, -0.1) is 0 Å². The third-order valence-corrected chi connectivity index (χ3v) is 2.33. The molecule has 0 aromatic heterocycles. The van der Waals surface area contributed by atoms with Gasteiger partial charge in [0.15, 0.2) is 0 Å². The van der Waals surface area contributed by atoms with Crippen LogP contribution in [0.15, 0.2) is 0 Å². The molecule has 3 heteroatoms. The Morgan fingerprint density at radius 2 is 1.91 bits per heavy atom. The van der Waals surface area contributed by atoms with Crippen LogP contribution in [0.25, 0.3) is 0 Å². The number of likely N-dealkylation sites (N-methyl/N-ethyl adjacent to an activating group) is 1. The molecule has 0 aliphatic rings. The quantitative estimate of drug-likeness (QED) is 0.630. The second kappa shape index (κ2) is 6.95. The first-order valence-electron chi connectivity index (χ1n) is 4.10. The maximum absolute atomic E-state index is 3.50. The first kappa shape index (κ1) is 11.3. The summed E-state index contributed by atoms with van der Waals surface area (Å²) in [5, 5.41) is 6.64. The summed E-state index contributed by atoms with van der Waals surface area (Å²) in [5.74, 6) is 1.19. The van der Waals surface area contributed by atoms with Gasteiger partial charge in [0.1, 0.15) is 0 Å². The van der Waals surface area contributed by atoms with Crippen molar-refractivity contribution in [1.82, 2.24) is 10.6 Å². The summed E-state index contributed by atoms with van der Waals surface area (Å²) < 4.78 is 0. The molecule has 68 valence electrons. The highest BCUT2D eigenvalue weighted by molar-refractivity contribution is 7.98. The van der Waals surface area contributed by atoms with E-state index in [1.54, 1.807) is 0 Å². The van der Waals surface area contributed by atoms with Gasteiger partial charge < -0.3 is 10.6 Å². The number of nitrogens with one attached hydrogen (secondary N) is 2. The first-order valence-corrected chi connectivity index (χ1v) is 5.49. The Hall–Kier alpha value is 0.270. The molecule has 0 radical (unpaired) electrons. The van der Waals surface area contributed by atoms with Crippen LogP contribution in [0.2, 0.25) is 0 Å². The lowest BCUT2D eigenvalue weighted by Crippen LogP contribution is -2.41. The SMILES string of the molecule is CNC[C@H](C)NC(C)CSC. The Bertz CT molecular complexity index is 78.2. The molecule has 2 atom stereocenters. The molecule has 0 saturated heterocycles. The van der Waals surface area contributed by atoms with Crippen LogP contribution in [0.3, 0.4) is 0 Å². The summed E-state index contributed by atoms with van der Waals surface area (Å²) in [4.78, 5) is 0. The predicted molar refractivity (Wildman–Crippen MR) is 54.4 cm³/mol. The lowest BCUT2D eigenvalue weighted by molar-refractivity contribution is 0.478. The Kier molecular flexibility index (Phi) is 7.12. The van der Waals surface area contributed by atoms with Crippen LogP contribution >= 0.6 is 11.8 Å². The van der Waals surface area contributed by atoms with E-state index in [9.17, 15) is 0 Å². The van der Waals surface area contributed by atoms with Crippen LogP contribution in [0.5, 0.6) is 0 Å². The molecule has 0 bridgehead atoms. The van der Waals surface area contributed by atoms with Crippen molar-refractivity contribution in [3.05, 3.63) is 0 Å². The van der Waals surface area contributed by atoms with Gasteiger partial charge in [-0.05, 0) is 27.2 Å². The van der Waals surface area contributed by atoms with Crippen LogP contribution in [0.4, 0.5) is 0 Å². The average molecular weight is 176 g/mol. The van der Waals surface area contributed by atoms with E-state index in [0.717, 1.165) is 6.54 Å². The molecular weight excluding hydrogens is 156 g/mol. The number of thioether (sulfide) groups is 1. The summed E-state index contributed by atoms with van der Waals surface area (Å²) in [6.07, 6.45) is 2.14. The normalized spacial score (nSPS) is 16.4. The van der Waals surface area contributed by atoms with Crippen molar-refractivity contribution in [2.24, 2.45) is 0 Å². The maximum Gasteiger partial charge on any atom is 0.0166 e. The van der Waals surface area contributed by atoms with Crippen LogP contribution < -0.4 is 10.6 Å². The summed E-state index contributed by atoms with van der Waals surface area (Å²) in [7, 11) is 1.98. The smallest absolute Gasteiger partial charge is 0.0166 e. The van der Waals surface area contributed by atoms with E-state index in [1.807, 2.05) is 18.8 Å². The van der Waals surface area contributed by atoms with Crippen LogP contribution in [-0.2, 0) is 0 Å². The fourth-order valence-electron chi connectivity index (χ4n) is 1.15. The largest absolute Gasteiger partial charge is 0.318 e. The first-order chi connectivity index (χ1) is 5.20. The van der Waals surface area contributed by atoms with Crippen molar-refractivity contribution < 1.29 is 0 Å². The van der Waals surface area contributed by atoms with Crippen molar-refractivity contribution in [2.45, 2.75) is 25.9 Å². The van der Waals surface area contributed by atoms with E-state index >= 15 is 0 Å². The second-order valence-corrected chi connectivity index (χ2v) is 3.89. The van der Waals surface area contributed by atoms with Gasteiger partial charge in [0.05, 0.1) is 0 Å². The highest BCUT2D eigenvalue weighted by atomic mass is 32.2. The van der Waals surface area contributed by atoms with Gasteiger partial charge in [-0.1, -0.05) is 0 Å². The molecule has 11 heavy (non-hydrogen) atoms. The molecule has 1 unspecified atom stereocenters. The lowest BCUT2D eigenvalue weighted by Gasteiger charge is -2.18. The molecular formula is C8H20N2S. The highest BCUT2D eigenvalue weighted by Gasteiger charge is 2.04. The zero-order valence-corrected chi connectivity index (χ0v) is 8.79. The van der Waals surface area contributed by atoms with Gasteiger partial charge >= 0.3 is 0 Å². The number of rotatable bonds is 6. The molecule has 0 rings (SSSR count). The van der Waals surface area contributed by atoms with E-state index in [-0.39, 0.29) is 0 Å². The third-order valence-electron chi connectivity index (χ3n) is 1.50. The summed E-state index contributed by atoms with van der Waals surface area (Å²) >= 11 is 1.89. The molecule has 0 saturated carbocycles. The summed E-state index contributed by atoms with van der Waals surface area (Å²) in [5.41, 5.74) is 0. The topological polar surface area (TPSA) is 24.1 Å². The fourth-order valence-corrected chi connectivity index (χ4v) is 1.75. The number of hydrogen-bond donors (Lipinski definition) is 2. The molecule has 0 aliphatic carbocycles. The molecule has 2 N–H and O–H groups in total. The fraction of sp³-hybridized carbons (Fsp3) is 1.00. The Morgan fingerprint density at radius 3 is 2.36 bits per heavy atom. The van der Waals surface area contributed by atoms with Gasteiger partial charge in [-0.2, -0.15) is 11.8 Å². The van der Waals surface area contributed by atoms with Crippen molar-refractivity contribution in [2.75, 3.05) is 25.6 Å². The molecule has 0 amide bonds. The van der Waals surface area contributed by atoms with Gasteiger partial charge in [0, 0.05) is 24.4 Å². The van der Waals surface area contributed by atoms with Crippen molar-refractivity contribution in [1.29, 1.82) is 0 Å². The monoisotopic (exact) mass is 176 g/mol. The van der Waals surface area contributed by atoms with E-state index in [2.05, 4.69) is 30.7 Å². The third kappa shape index (κ3) is 6.66. The molecule has 0 aliphatic heterocycles. The molecule has 0 aromatic rings. The van der Waals surface area contributed by atoms with E-state index in [0.29, 0.717) is 12.1 Å². The minimum atomic E-state index is 0.571. The van der Waals surface area contributed by atoms with Crippen LogP contribution in [0, 0.1) is 0 Å². The minimum absolute atomic E-state index is 0.571. The van der Waals surface area contributed by atoms with Gasteiger partial charge in [-0.25, -0.2) is 0 Å². The molecule has 0 aromatic carbocycles. The Balaban J connectivity index is 3.32. The van der Waals surface area contributed by atoms with Gasteiger partial charge in [0.2, 0.25) is 0 Å². The standard InChI is InChI=1S/C8H20N2S/c1-7(5-9-3)10-8(2)6-11-4/h7-10H,5-6H2,1-4H3/t7-,8?/m0/s1. The van der Waals surface area contributed by atoms with E-state index in [4.69, 9.17) is 0 Å². The van der Waals surface area contributed by atoms with E-state index in [1.165, 1.54) is 5.75 Å². The summed E-state index contributed by atoms with van der Waals surface area (Å²) in [6, 6.07) is 1.19. The van der Waals surface area contributed by atoms with Crippen molar-refractivity contribution in [3.63, 3.8) is 0 Å². The molecule has 0 fully saturated rings. The Labute approximate surface area is 74.5 Å². The van der Waals surface area contributed by atoms with Crippen molar-refractivity contribution in [3.8, 4) is 0 Å². The zero-order valence-electron chi connectivity index (χ0n) is 7.98. The van der Waals surface area contributed by atoms with Gasteiger partial charge in [-0.3, -0.25) is 0 Å². The Morgan fingerprint density at radius 1 is 1.27 bits per heavy atom. The van der Waals surface area contributed by atoms with Gasteiger partial charge in [0.25, 0.3) is 0 Å². The van der Waals surface area contributed by atoms with Crippen molar-refractivity contribution >= 4 is 11.8 Å². The molecule has 2 nitrogen and oxygen atoms in total.